The van der Waals surface area contributed by atoms with E-state index in [9.17, 15) is 4.79 Å². The van der Waals surface area contributed by atoms with Crippen molar-refractivity contribution in [3.63, 3.8) is 0 Å². The largest absolute Gasteiger partial charge is 0.355 e. The van der Waals surface area contributed by atoms with E-state index in [4.69, 9.17) is 16.6 Å². The van der Waals surface area contributed by atoms with E-state index in [0.29, 0.717) is 17.6 Å². The van der Waals surface area contributed by atoms with Crippen molar-refractivity contribution >= 4 is 23.3 Å². The van der Waals surface area contributed by atoms with Gasteiger partial charge in [-0.3, -0.25) is 9.69 Å². The average molecular weight is 354 g/mol. The fourth-order valence-corrected chi connectivity index (χ4v) is 3.04. The van der Waals surface area contributed by atoms with Crippen LogP contribution in [-0.2, 0) is 11.2 Å². The minimum absolute atomic E-state index is 0.0255. The fourth-order valence-electron chi connectivity index (χ4n) is 2.86. The van der Waals surface area contributed by atoms with Crippen LogP contribution < -0.4 is 10.2 Å². The molecule has 7 heteroatoms. The summed E-state index contributed by atoms with van der Waals surface area (Å²) in [4.78, 5) is 24.8. The van der Waals surface area contributed by atoms with E-state index in [2.05, 4.69) is 33.9 Å². The molecule has 0 atom stereocenters. The molecular weight excluding hydrogens is 326 g/mol. The number of halogens is 1. The van der Waals surface area contributed by atoms with E-state index in [-0.39, 0.29) is 5.91 Å². The molecule has 24 heavy (non-hydrogen) atoms. The minimum Gasteiger partial charge on any atom is -0.355 e. The lowest BCUT2D eigenvalue weighted by molar-refractivity contribution is -0.119. The monoisotopic (exact) mass is 353 g/mol. The number of hydrogen-bond acceptors (Lipinski definition) is 5. The van der Waals surface area contributed by atoms with Gasteiger partial charge in [0.15, 0.2) is 0 Å². The van der Waals surface area contributed by atoms with Gasteiger partial charge < -0.3 is 10.2 Å². The Morgan fingerprint density at radius 1 is 1.25 bits per heavy atom. The highest BCUT2D eigenvalue weighted by Gasteiger charge is 2.21. The maximum atomic E-state index is 10.9. The van der Waals surface area contributed by atoms with Crippen LogP contribution in [0, 0.1) is 12.8 Å². The maximum absolute atomic E-state index is 10.9. The van der Waals surface area contributed by atoms with E-state index >= 15 is 0 Å². The van der Waals surface area contributed by atoms with Crippen LogP contribution in [0.4, 0.5) is 5.82 Å². The SMILES string of the molecule is CC(=O)NCCN1CCN(c2nc(CC(C)C)nc(Cl)c2C)CC1. The molecule has 0 radical (unpaired) electrons. The van der Waals surface area contributed by atoms with Crippen molar-refractivity contribution in [2.45, 2.75) is 34.1 Å². The third-order valence-corrected chi connectivity index (χ3v) is 4.54. The molecule has 0 aromatic carbocycles. The van der Waals surface area contributed by atoms with Crippen molar-refractivity contribution < 1.29 is 4.79 Å². The van der Waals surface area contributed by atoms with Crippen LogP contribution in [0.25, 0.3) is 0 Å². The first-order valence-corrected chi connectivity index (χ1v) is 8.99. The molecule has 1 amide bonds. The minimum atomic E-state index is 0.0255. The summed E-state index contributed by atoms with van der Waals surface area (Å²) < 4.78 is 0. The van der Waals surface area contributed by atoms with Crippen LogP contribution >= 0.6 is 11.6 Å². The Labute approximate surface area is 149 Å². The zero-order chi connectivity index (χ0) is 17.7. The number of nitrogens with zero attached hydrogens (tertiary/aromatic N) is 4. The third kappa shape index (κ3) is 5.31. The highest BCUT2D eigenvalue weighted by atomic mass is 35.5. The van der Waals surface area contributed by atoms with Gasteiger partial charge in [0.05, 0.1) is 0 Å². The van der Waals surface area contributed by atoms with Gasteiger partial charge in [-0.2, -0.15) is 0 Å². The normalized spacial score (nSPS) is 15.8. The quantitative estimate of drug-likeness (QED) is 0.791. The summed E-state index contributed by atoms with van der Waals surface area (Å²) in [7, 11) is 0. The molecular formula is C17H28ClN5O. The second-order valence-corrected chi connectivity index (χ2v) is 7.15. The second-order valence-electron chi connectivity index (χ2n) is 6.79. The molecule has 0 unspecified atom stereocenters. The third-order valence-electron chi connectivity index (χ3n) is 4.17. The summed E-state index contributed by atoms with van der Waals surface area (Å²) in [5.74, 6) is 2.32. The van der Waals surface area contributed by atoms with Crippen molar-refractivity contribution in [2.75, 3.05) is 44.2 Å². The van der Waals surface area contributed by atoms with E-state index in [1.807, 2.05) is 6.92 Å². The lowest BCUT2D eigenvalue weighted by atomic mass is 10.1. The predicted molar refractivity (Wildman–Crippen MR) is 97.7 cm³/mol. The summed E-state index contributed by atoms with van der Waals surface area (Å²) in [6.45, 7) is 13.2. The molecule has 1 saturated heterocycles. The number of rotatable bonds is 6. The van der Waals surface area contributed by atoms with Crippen molar-refractivity contribution in [1.82, 2.24) is 20.2 Å². The lowest BCUT2D eigenvalue weighted by Gasteiger charge is -2.36. The van der Waals surface area contributed by atoms with Gasteiger partial charge in [0, 0.05) is 58.2 Å². The summed E-state index contributed by atoms with van der Waals surface area (Å²) >= 11 is 6.32. The molecule has 1 aliphatic rings. The molecule has 2 heterocycles. The van der Waals surface area contributed by atoms with Crippen LogP contribution in [0.15, 0.2) is 0 Å². The molecule has 0 aliphatic carbocycles. The van der Waals surface area contributed by atoms with E-state index in [0.717, 1.165) is 56.4 Å². The molecule has 134 valence electrons. The number of aromatic nitrogens is 2. The molecule has 0 saturated carbocycles. The first kappa shape index (κ1) is 18.9. The topological polar surface area (TPSA) is 61.4 Å². The Hall–Kier alpha value is -1.40. The average Bonchev–Trinajstić information content (AvgIpc) is 2.50. The van der Waals surface area contributed by atoms with Gasteiger partial charge in [-0.15, -0.1) is 0 Å². The Balaban J connectivity index is 1.98. The molecule has 1 aromatic rings. The van der Waals surface area contributed by atoms with Crippen molar-refractivity contribution in [2.24, 2.45) is 5.92 Å². The fraction of sp³-hybridized carbons (Fsp3) is 0.706. The van der Waals surface area contributed by atoms with Gasteiger partial charge in [0.25, 0.3) is 0 Å². The van der Waals surface area contributed by atoms with Crippen LogP contribution in [0.1, 0.15) is 32.2 Å². The van der Waals surface area contributed by atoms with Gasteiger partial charge in [-0.25, -0.2) is 9.97 Å². The first-order chi connectivity index (χ1) is 11.4. The Morgan fingerprint density at radius 3 is 2.50 bits per heavy atom. The van der Waals surface area contributed by atoms with E-state index in [1.54, 1.807) is 6.92 Å². The van der Waals surface area contributed by atoms with Crippen LogP contribution in [0.5, 0.6) is 0 Å². The first-order valence-electron chi connectivity index (χ1n) is 8.61. The number of hydrogen-bond donors (Lipinski definition) is 1. The van der Waals surface area contributed by atoms with Crippen molar-refractivity contribution in [3.8, 4) is 0 Å². The van der Waals surface area contributed by atoms with Gasteiger partial charge in [-0.1, -0.05) is 25.4 Å². The summed E-state index contributed by atoms with van der Waals surface area (Å²) in [6.07, 6.45) is 0.837. The van der Waals surface area contributed by atoms with E-state index in [1.165, 1.54) is 0 Å². The highest BCUT2D eigenvalue weighted by molar-refractivity contribution is 6.30. The molecule has 0 bridgehead atoms. The highest BCUT2D eigenvalue weighted by Crippen LogP contribution is 2.25. The number of amides is 1. The van der Waals surface area contributed by atoms with Crippen LogP contribution in [-0.4, -0.2) is 60.0 Å². The number of nitrogens with one attached hydrogen (secondary N) is 1. The molecule has 1 aromatic heterocycles. The summed E-state index contributed by atoms with van der Waals surface area (Å²) in [5.41, 5.74) is 0.955. The summed E-state index contributed by atoms with van der Waals surface area (Å²) in [6, 6.07) is 0. The number of anilines is 1. The van der Waals surface area contributed by atoms with Gasteiger partial charge in [0.2, 0.25) is 5.91 Å². The summed E-state index contributed by atoms with van der Waals surface area (Å²) in [5, 5.41) is 3.40. The van der Waals surface area contributed by atoms with Gasteiger partial charge in [0.1, 0.15) is 16.8 Å². The van der Waals surface area contributed by atoms with Crippen LogP contribution in [0.3, 0.4) is 0 Å². The molecule has 1 fully saturated rings. The maximum Gasteiger partial charge on any atom is 0.216 e. The Bertz CT molecular complexity index is 570. The lowest BCUT2D eigenvalue weighted by Crippen LogP contribution is -2.48. The molecule has 1 aliphatic heterocycles. The number of carbonyl (C=O) groups excluding carboxylic acids is 1. The number of piperazine rings is 1. The molecule has 6 nitrogen and oxygen atoms in total. The smallest absolute Gasteiger partial charge is 0.216 e. The molecule has 2 rings (SSSR count). The molecule has 0 spiro atoms. The zero-order valence-corrected chi connectivity index (χ0v) is 15.9. The Kier molecular flexibility index (Phi) is 6.80. The van der Waals surface area contributed by atoms with Crippen LogP contribution in [0.2, 0.25) is 5.15 Å². The second kappa shape index (κ2) is 8.62. The molecule has 1 N–H and O–H groups in total. The standard InChI is InChI=1S/C17H28ClN5O/c1-12(2)11-15-20-16(18)13(3)17(21-15)23-9-7-22(8-10-23)6-5-19-14(4)24/h12H,5-11H2,1-4H3,(H,19,24). The van der Waals surface area contributed by atoms with Gasteiger partial charge >= 0.3 is 0 Å². The Morgan fingerprint density at radius 2 is 1.92 bits per heavy atom. The zero-order valence-electron chi connectivity index (χ0n) is 15.1. The van der Waals surface area contributed by atoms with Gasteiger partial charge in [-0.05, 0) is 12.8 Å². The van der Waals surface area contributed by atoms with Crippen molar-refractivity contribution in [1.29, 1.82) is 0 Å². The number of carbonyl (C=O) groups is 1. The van der Waals surface area contributed by atoms with Crippen molar-refractivity contribution in [3.05, 3.63) is 16.5 Å². The van der Waals surface area contributed by atoms with E-state index < -0.39 is 0 Å². The predicted octanol–water partition coefficient (Wildman–Crippen LogP) is 1.90.